The van der Waals surface area contributed by atoms with E-state index in [9.17, 15) is 4.79 Å². The van der Waals surface area contributed by atoms with Crippen LogP contribution in [0.2, 0.25) is 0 Å². The molecule has 1 fully saturated rings. The zero-order chi connectivity index (χ0) is 12.5. The third-order valence-corrected chi connectivity index (χ3v) is 3.60. The Morgan fingerprint density at radius 3 is 2.83 bits per heavy atom. The van der Waals surface area contributed by atoms with Gasteiger partial charge in [-0.25, -0.2) is 0 Å². The second-order valence-corrected chi connectivity index (χ2v) is 4.77. The van der Waals surface area contributed by atoms with Crippen LogP contribution in [0, 0.1) is 5.92 Å². The molecule has 92 valence electrons. The molecule has 0 bridgehead atoms. The predicted octanol–water partition coefficient (Wildman–Crippen LogP) is 3.51. The summed E-state index contributed by atoms with van der Waals surface area (Å²) in [4.78, 5) is 11.7. The largest absolute Gasteiger partial charge is 0.466 e. The molecule has 18 heavy (non-hydrogen) atoms. The summed E-state index contributed by atoms with van der Waals surface area (Å²) < 4.78 is 5.09. The Morgan fingerprint density at radius 2 is 2.00 bits per heavy atom. The van der Waals surface area contributed by atoms with Gasteiger partial charge in [0.05, 0.1) is 12.5 Å². The van der Waals surface area contributed by atoms with E-state index in [0.29, 0.717) is 12.5 Å². The van der Waals surface area contributed by atoms with Crippen LogP contribution < -0.4 is 0 Å². The van der Waals surface area contributed by atoms with Gasteiger partial charge in [-0.3, -0.25) is 4.79 Å². The average molecular weight is 240 g/mol. The summed E-state index contributed by atoms with van der Waals surface area (Å²) in [5.74, 6) is 0.362. The second kappa shape index (κ2) is 4.45. The summed E-state index contributed by atoms with van der Waals surface area (Å²) in [6, 6.07) is 14.6. The van der Waals surface area contributed by atoms with Crippen molar-refractivity contribution in [2.24, 2.45) is 5.92 Å². The van der Waals surface area contributed by atoms with Gasteiger partial charge in [-0.2, -0.15) is 0 Å². The Labute approximate surface area is 107 Å². The second-order valence-electron chi connectivity index (χ2n) is 4.77. The van der Waals surface area contributed by atoms with Crippen molar-refractivity contribution >= 4 is 16.7 Å². The first-order valence-corrected chi connectivity index (χ1v) is 6.45. The lowest BCUT2D eigenvalue weighted by Crippen LogP contribution is -2.07. The number of ether oxygens (including phenoxy) is 1. The van der Waals surface area contributed by atoms with Gasteiger partial charge in [-0.15, -0.1) is 0 Å². The summed E-state index contributed by atoms with van der Waals surface area (Å²) in [7, 11) is 0. The van der Waals surface area contributed by atoms with Gasteiger partial charge in [-0.1, -0.05) is 42.5 Å². The van der Waals surface area contributed by atoms with Gasteiger partial charge >= 0.3 is 5.97 Å². The molecule has 2 atom stereocenters. The van der Waals surface area contributed by atoms with E-state index in [-0.39, 0.29) is 11.9 Å². The van der Waals surface area contributed by atoms with E-state index < -0.39 is 0 Å². The molecule has 3 rings (SSSR count). The van der Waals surface area contributed by atoms with Crippen molar-refractivity contribution in [3.63, 3.8) is 0 Å². The first kappa shape index (κ1) is 11.3. The SMILES string of the molecule is CCOC(=O)[C@H]1C[C@@H]1c1cccc2ccccc12. The molecular formula is C16H16O2. The van der Waals surface area contributed by atoms with E-state index in [4.69, 9.17) is 4.74 Å². The standard InChI is InChI=1S/C16H16O2/c1-2-18-16(17)15-10-14(15)13-9-5-7-11-6-3-4-8-12(11)13/h3-9,14-15H,2,10H2,1H3/t14-,15+/m1/s1. The molecule has 0 saturated heterocycles. The Kier molecular flexibility index (Phi) is 2.78. The highest BCUT2D eigenvalue weighted by Crippen LogP contribution is 2.50. The molecule has 2 aromatic carbocycles. The Hall–Kier alpha value is -1.83. The highest BCUT2D eigenvalue weighted by atomic mass is 16.5. The number of fused-ring (bicyclic) bond motifs is 1. The monoisotopic (exact) mass is 240 g/mol. The fraction of sp³-hybridized carbons (Fsp3) is 0.312. The third-order valence-electron chi connectivity index (χ3n) is 3.60. The van der Waals surface area contributed by atoms with Gasteiger partial charge in [0.25, 0.3) is 0 Å². The smallest absolute Gasteiger partial charge is 0.309 e. The zero-order valence-corrected chi connectivity index (χ0v) is 10.4. The molecule has 2 aromatic rings. The van der Waals surface area contributed by atoms with E-state index >= 15 is 0 Å². The van der Waals surface area contributed by atoms with Crippen LogP contribution in [0.15, 0.2) is 42.5 Å². The minimum Gasteiger partial charge on any atom is -0.466 e. The lowest BCUT2D eigenvalue weighted by Gasteiger charge is -2.06. The number of benzene rings is 2. The van der Waals surface area contributed by atoms with Crippen molar-refractivity contribution in [1.82, 2.24) is 0 Å². The van der Waals surface area contributed by atoms with Gasteiger partial charge in [0.15, 0.2) is 0 Å². The number of hydrogen-bond donors (Lipinski definition) is 0. The molecule has 0 N–H and O–H groups in total. The third kappa shape index (κ3) is 1.88. The first-order chi connectivity index (χ1) is 8.81. The van der Waals surface area contributed by atoms with Crippen molar-refractivity contribution in [2.75, 3.05) is 6.61 Å². The summed E-state index contributed by atoms with van der Waals surface area (Å²) in [6.45, 7) is 2.32. The van der Waals surface area contributed by atoms with E-state index in [1.54, 1.807) is 0 Å². The van der Waals surface area contributed by atoms with E-state index in [1.807, 2.05) is 19.1 Å². The Bertz CT molecular complexity index is 583. The van der Waals surface area contributed by atoms with Crippen LogP contribution in [0.4, 0.5) is 0 Å². The maximum absolute atomic E-state index is 11.7. The van der Waals surface area contributed by atoms with Crippen LogP contribution in [0.25, 0.3) is 10.8 Å². The number of rotatable bonds is 3. The zero-order valence-electron chi connectivity index (χ0n) is 10.4. The van der Waals surface area contributed by atoms with Crippen LogP contribution in [0.3, 0.4) is 0 Å². The number of esters is 1. The molecule has 0 radical (unpaired) electrons. The molecule has 1 saturated carbocycles. The van der Waals surface area contributed by atoms with Gasteiger partial charge in [0, 0.05) is 0 Å². The highest BCUT2D eigenvalue weighted by Gasteiger charge is 2.45. The first-order valence-electron chi connectivity index (χ1n) is 6.45. The molecule has 2 heteroatoms. The van der Waals surface area contributed by atoms with E-state index in [2.05, 4.69) is 30.3 Å². The normalized spacial score (nSPS) is 21.8. The number of carbonyl (C=O) groups excluding carboxylic acids is 1. The predicted molar refractivity (Wildman–Crippen MR) is 71.4 cm³/mol. The summed E-state index contributed by atoms with van der Waals surface area (Å²) in [5.41, 5.74) is 1.28. The van der Waals surface area contributed by atoms with Crippen LogP contribution >= 0.6 is 0 Å². The van der Waals surface area contributed by atoms with Crippen LogP contribution in [0.5, 0.6) is 0 Å². The molecule has 0 spiro atoms. The molecule has 1 aliphatic rings. The number of hydrogen-bond acceptors (Lipinski definition) is 2. The van der Waals surface area contributed by atoms with Crippen LogP contribution in [-0.4, -0.2) is 12.6 Å². The number of carbonyl (C=O) groups is 1. The van der Waals surface area contributed by atoms with Crippen molar-refractivity contribution < 1.29 is 9.53 Å². The summed E-state index contributed by atoms with van der Waals surface area (Å²) in [6.07, 6.45) is 0.923. The van der Waals surface area contributed by atoms with Gasteiger partial charge in [0.1, 0.15) is 0 Å². The molecule has 0 amide bonds. The van der Waals surface area contributed by atoms with Crippen molar-refractivity contribution in [2.45, 2.75) is 19.3 Å². The Morgan fingerprint density at radius 1 is 1.22 bits per heavy atom. The lowest BCUT2D eigenvalue weighted by molar-refractivity contribution is -0.144. The summed E-state index contributed by atoms with van der Waals surface area (Å²) in [5, 5.41) is 2.50. The van der Waals surface area contributed by atoms with Gasteiger partial charge in [0.2, 0.25) is 0 Å². The minimum atomic E-state index is -0.0459. The van der Waals surface area contributed by atoms with Gasteiger partial charge < -0.3 is 4.74 Å². The van der Waals surface area contributed by atoms with E-state index in [1.165, 1.54) is 16.3 Å². The van der Waals surface area contributed by atoms with Crippen molar-refractivity contribution in [3.05, 3.63) is 48.0 Å². The van der Waals surface area contributed by atoms with E-state index in [0.717, 1.165) is 6.42 Å². The molecule has 2 nitrogen and oxygen atoms in total. The fourth-order valence-electron chi connectivity index (χ4n) is 2.62. The topological polar surface area (TPSA) is 26.3 Å². The quantitative estimate of drug-likeness (QED) is 0.767. The Balaban J connectivity index is 1.91. The average Bonchev–Trinajstić information content (AvgIpc) is 3.18. The molecule has 0 aromatic heterocycles. The lowest BCUT2D eigenvalue weighted by atomic mass is 10.0. The van der Waals surface area contributed by atoms with Crippen LogP contribution in [0.1, 0.15) is 24.8 Å². The minimum absolute atomic E-state index is 0.0459. The molecule has 0 unspecified atom stereocenters. The molecule has 0 heterocycles. The van der Waals surface area contributed by atoms with Crippen molar-refractivity contribution in [1.29, 1.82) is 0 Å². The summed E-state index contributed by atoms with van der Waals surface area (Å²) >= 11 is 0. The molecule has 0 aliphatic heterocycles. The maximum atomic E-state index is 11.7. The molecular weight excluding hydrogens is 224 g/mol. The van der Waals surface area contributed by atoms with Gasteiger partial charge in [-0.05, 0) is 35.6 Å². The maximum Gasteiger partial charge on any atom is 0.309 e. The fourth-order valence-corrected chi connectivity index (χ4v) is 2.62. The van der Waals surface area contributed by atoms with Crippen molar-refractivity contribution in [3.8, 4) is 0 Å². The molecule has 1 aliphatic carbocycles. The highest BCUT2D eigenvalue weighted by molar-refractivity contribution is 5.88. The van der Waals surface area contributed by atoms with Crippen LogP contribution in [-0.2, 0) is 9.53 Å².